The van der Waals surface area contributed by atoms with Gasteiger partial charge in [-0.05, 0) is 59.8 Å². The lowest BCUT2D eigenvalue weighted by Crippen LogP contribution is -2.32. The highest BCUT2D eigenvalue weighted by Crippen LogP contribution is 2.38. The Morgan fingerprint density at radius 3 is 2.44 bits per heavy atom. The number of benzene rings is 3. The largest absolute Gasteiger partial charge is 0.493 e. The number of nitro groups is 1. The fourth-order valence-corrected chi connectivity index (χ4v) is 4.41. The van der Waals surface area contributed by atoms with Crippen molar-refractivity contribution in [3.8, 4) is 23.0 Å². The molecular weight excluding hydrogens is 541 g/mol. The molecule has 1 aliphatic rings. The summed E-state index contributed by atoms with van der Waals surface area (Å²) in [6, 6.07) is 14.9. The third-order valence-corrected chi connectivity index (χ3v) is 6.29. The van der Waals surface area contributed by atoms with Crippen molar-refractivity contribution in [2.75, 3.05) is 20.3 Å². The van der Waals surface area contributed by atoms with E-state index in [-0.39, 0.29) is 29.6 Å². The van der Waals surface area contributed by atoms with Crippen LogP contribution in [0, 0.1) is 10.1 Å². The summed E-state index contributed by atoms with van der Waals surface area (Å²) < 4.78 is 55.2. The predicted octanol–water partition coefficient (Wildman–Crippen LogP) is 6.53. The Balaban J connectivity index is 1.46. The summed E-state index contributed by atoms with van der Waals surface area (Å²) >= 11 is 0.732. The van der Waals surface area contributed by atoms with Crippen LogP contribution in [0.5, 0.6) is 23.0 Å². The summed E-state index contributed by atoms with van der Waals surface area (Å²) in [7, 11) is 1.49. The number of rotatable bonds is 9. The summed E-state index contributed by atoms with van der Waals surface area (Å²) in [4.78, 5) is 36.8. The van der Waals surface area contributed by atoms with E-state index in [4.69, 9.17) is 14.2 Å². The number of hydrogen-bond acceptors (Lipinski definition) is 8. The maximum atomic E-state index is 13.0. The van der Waals surface area contributed by atoms with Gasteiger partial charge in [0.1, 0.15) is 12.4 Å². The molecule has 0 radical (unpaired) electrons. The van der Waals surface area contributed by atoms with Crippen molar-refractivity contribution in [3.05, 3.63) is 92.9 Å². The van der Waals surface area contributed by atoms with Crippen LogP contribution >= 0.6 is 11.8 Å². The molecule has 0 aromatic heterocycles. The van der Waals surface area contributed by atoms with Crippen LogP contribution in [0.2, 0.25) is 0 Å². The van der Waals surface area contributed by atoms with Crippen LogP contribution in [0.1, 0.15) is 11.1 Å². The highest BCUT2D eigenvalue weighted by Gasteiger charge is 2.35. The van der Waals surface area contributed by atoms with E-state index in [1.54, 1.807) is 30.3 Å². The van der Waals surface area contributed by atoms with Crippen LogP contribution in [0.3, 0.4) is 0 Å². The number of thioether (sulfide) groups is 1. The molecule has 1 fully saturated rings. The lowest BCUT2D eigenvalue weighted by molar-refractivity contribution is -0.385. The molecule has 1 aliphatic heterocycles. The Kier molecular flexibility index (Phi) is 8.10. The molecule has 202 valence electrons. The van der Waals surface area contributed by atoms with Gasteiger partial charge in [-0.3, -0.25) is 24.6 Å². The topological polar surface area (TPSA) is 108 Å². The van der Waals surface area contributed by atoms with Gasteiger partial charge in [0, 0.05) is 6.07 Å². The van der Waals surface area contributed by atoms with Crippen molar-refractivity contribution in [1.82, 2.24) is 4.90 Å². The number of hydrogen-bond donors (Lipinski definition) is 0. The summed E-state index contributed by atoms with van der Waals surface area (Å²) in [6.45, 7) is 0.0434. The van der Waals surface area contributed by atoms with Gasteiger partial charge in [0.05, 0.1) is 29.0 Å². The standard InChI is InChI=1S/C26H19F3N2O7S/c1-36-21-7-2-3-8-22(21)37-12-11-30-24(32)23(39-25(30)33)14-16-5-4-6-18(13-16)38-20-10-9-17(26(27,28)29)15-19(20)31(34)35/h2-10,13-15H,11-12H2,1H3/b23-14-. The van der Waals surface area contributed by atoms with Gasteiger partial charge in [-0.1, -0.05) is 24.3 Å². The zero-order valence-corrected chi connectivity index (χ0v) is 21.0. The quantitative estimate of drug-likeness (QED) is 0.165. The van der Waals surface area contributed by atoms with Gasteiger partial charge in [0.2, 0.25) is 5.75 Å². The molecule has 3 aromatic rings. The molecule has 4 rings (SSSR count). The van der Waals surface area contributed by atoms with Crippen LogP contribution < -0.4 is 14.2 Å². The second-order valence-corrected chi connectivity index (χ2v) is 8.94. The van der Waals surface area contributed by atoms with Crippen LogP contribution in [-0.4, -0.2) is 41.2 Å². The fraction of sp³-hybridized carbons (Fsp3) is 0.154. The fourth-order valence-electron chi connectivity index (χ4n) is 3.55. The molecule has 0 atom stereocenters. The number of nitrogens with zero attached hydrogens (tertiary/aromatic N) is 2. The normalized spacial score (nSPS) is 14.6. The van der Waals surface area contributed by atoms with Gasteiger partial charge in [-0.15, -0.1) is 0 Å². The number of carbonyl (C=O) groups excluding carboxylic acids is 2. The van der Waals surface area contributed by atoms with Gasteiger partial charge in [0.25, 0.3) is 11.1 Å². The highest BCUT2D eigenvalue weighted by molar-refractivity contribution is 8.18. The summed E-state index contributed by atoms with van der Waals surface area (Å²) in [5.41, 5.74) is -1.61. The maximum Gasteiger partial charge on any atom is 0.416 e. The van der Waals surface area contributed by atoms with Gasteiger partial charge < -0.3 is 14.2 Å². The lowest BCUT2D eigenvalue weighted by atomic mass is 10.1. The Morgan fingerprint density at radius 2 is 1.74 bits per heavy atom. The molecule has 0 aliphatic carbocycles. The van der Waals surface area contributed by atoms with Crippen molar-refractivity contribution in [3.63, 3.8) is 0 Å². The minimum Gasteiger partial charge on any atom is -0.493 e. The van der Waals surface area contributed by atoms with E-state index in [1.807, 2.05) is 0 Å². The van der Waals surface area contributed by atoms with Gasteiger partial charge in [-0.25, -0.2) is 0 Å². The van der Waals surface area contributed by atoms with Crippen molar-refractivity contribution in [1.29, 1.82) is 0 Å². The van der Waals surface area contributed by atoms with Crippen LogP contribution in [-0.2, 0) is 11.0 Å². The first-order chi connectivity index (χ1) is 18.6. The zero-order chi connectivity index (χ0) is 28.2. The smallest absolute Gasteiger partial charge is 0.416 e. The van der Waals surface area contributed by atoms with Gasteiger partial charge >= 0.3 is 11.9 Å². The lowest BCUT2D eigenvalue weighted by Gasteiger charge is -2.14. The van der Waals surface area contributed by atoms with E-state index in [0.29, 0.717) is 29.2 Å². The van der Waals surface area contributed by atoms with E-state index < -0.39 is 33.5 Å². The summed E-state index contributed by atoms with van der Waals surface area (Å²) in [6.07, 6.45) is -3.31. The Labute approximate surface area is 223 Å². The van der Waals surface area contributed by atoms with Crippen LogP contribution in [0.4, 0.5) is 23.7 Å². The first kappa shape index (κ1) is 27.5. The third kappa shape index (κ3) is 6.49. The molecule has 0 unspecified atom stereocenters. The molecule has 1 heterocycles. The molecule has 3 aromatic carbocycles. The first-order valence-electron chi connectivity index (χ1n) is 11.2. The number of halogens is 3. The molecule has 39 heavy (non-hydrogen) atoms. The highest BCUT2D eigenvalue weighted by atomic mass is 32.2. The van der Waals surface area contributed by atoms with E-state index in [0.717, 1.165) is 22.7 Å². The number of ether oxygens (including phenoxy) is 3. The molecule has 13 heteroatoms. The average Bonchev–Trinajstić information content (AvgIpc) is 3.16. The minimum absolute atomic E-state index is 0.000788. The second-order valence-electron chi connectivity index (χ2n) is 7.94. The second kappa shape index (κ2) is 11.5. The SMILES string of the molecule is COc1ccccc1OCCN1C(=O)S/C(=C\c2cccc(Oc3ccc(C(F)(F)F)cc3[N+](=O)[O-])c2)C1=O. The molecule has 0 saturated carbocycles. The van der Waals surface area contributed by atoms with Crippen LogP contribution in [0.15, 0.2) is 71.6 Å². The molecule has 0 spiro atoms. The third-order valence-electron chi connectivity index (χ3n) is 5.38. The summed E-state index contributed by atoms with van der Waals surface area (Å²) in [5, 5.41) is 10.8. The predicted molar refractivity (Wildman–Crippen MR) is 136 cm³/mol. The number of para-hydroxylation sites is 2. The van der Waals surface area contributed by atoms with Crippen molar-refractivity contribution >= 4 is 34.7 Å². The number of alkyl halides is 3. The molecule has 0 bridgehead atoms. The Hall–Kier alpha value is -4.52. The maximum absolute atomic E-state index is 13.0. The molecule has 2 amide bonds. The van der Waals surface area contributed by atoms with E-state index >= 15 is 0 Å². The monoisotopic (exact) mass is 560 g/mol. The molecule has 9 nitrogen and oxygen atoms in total. The Bertz CT molecular complexity index is 1460. The van der Waals surface area contributed by atoms with Gasteiger partial charge in [-0.2, -0.15) is 13.2 Å². The van der Waals surface area contributed by atoms with E-state index in [9.17, 15) is 32.9 Å². The van der Waals surface area contributed by atoms with Crippen LogP contribution in [0.25, 0.3) is 6.08 Å². The molecular formula is C26H19F3N2O7S. The van der Waals surface area contributed by atoms with E-state index in [2.05, 4.69) is 0 Å². The van der Waals surface area contributed by atoms with Crippen molar-refractivity contribution < 1.29 is 41.9 Å². The average molecular weight is 561 g/mol. The number of nitro benzene ring substituents is 1. The van der Waals surface area contributed by atoms with Gasteiger partial charge in [0.15, 0.2) is 11.5 Å². The summed E-state index contributed by atoms with van der Waals surface area (Å²) in [5.74, 6) is 0.137. The first-order valence-corrected chi connectivity index (χ1v) is 12.0. The Morgan fingerprint density at radius 1 is 1.00 bits per heavy atom. The molecule has 1 saturated heterocycles. The number of amides is 2. The molecule has 0 N–H and O–H groups in total. The zero-order valence-electron chi connectivity index (χ0n) is 20.1. The van der Waals surface area contributed by atoms with Crippen molar-refractivity contribution in [2.24, 2.45) is 0 Å². The van der Waals surface area contributed by atoms with E-state index in [1.165, 1.54) is 31.4 Å². The number of methoxy groups -OCH3 is 1. The van der Waals surface area contributed by atoms with Crippen molar-refractivity contribution in [2.45, 2.75) is 6.18 Å². The minimum atomic E-state index is -4.76. The number of imide groups is 1. The number of carbonyl (C=O) groups is 2.